The molecule has 0 bridgehead atoms. The van der Waals surface area contributed by atoms with Gasteiger partial charge in [-0.05, 0) is 24.6 Å². The Morgan fingerprint density at radius 3 is 2.56 bits per heavy atom. The van der Waals surface area contributed by atoms with Crippen LogP contribution in [0.15, 0.2) is 18.2 Å². The molecule has 136 valence electrons. The molecule has 0 spiro atoms. The fourth-order valence-corrected chi connectivity index (χ4v) is 2.49. The second-order valence-electron chi connectivity index (χ2n) is 5.10. The number of nitrogens with one attached hydrogen (secondary N) is 1. The number of benzene rings is 1. The van der Waals surface area contributed by atoms with Gasteiger partial charge in [0.15, 0.2) is 0 Å². The van der Waals surface area contributed by atoms with Gasteiger partial charge in [-0.1, -0.05) is 17.7 Å². The van der Waals surface area contributed by atoms with Crippen molar-refractivity contribution < 1.29 is 27.1 Å². The second kappa shape index (κ2) is 7.73. The first-order valence-electron chi connectivity index (χ1n) is 7.01. The molecule has 0 atom stereocenters. The maximum atomic E-state index is 13.1. The molecule has 0 saturated heterocycles. The Morgan fingerprint density at radius 2 is 2.00 bits per heavy atom. The molecule has 10 heteroatoms. The molecule has 0 radical (unpaired) electrons. The fraction of sp³-hybridized carbons (Fsp3) is 0.333. The van der Waals surface area contributed by atoms with Crippen LogP contribution >= 0.6 is 11.6 Å². The van der Waals surface area contributed by atoms with Crippen molar-refractivity contribution in [2.45, 2.75) is 26.3 Å². The van der Waals surface area contributed by atoms with Gasteiger partial charge in [-0.2, -0.15) is 5.10 Å². The number of methoxy groups -OCH3 is 1. The third kappa shape index (κ3) is 4.22. The zero-order valence-corrected chi connectivity index (χ0v) is 14.0. The molecule has 0 aliphatic rings. The van der Waals surface area contributed by atoms with Gasteiger partial charge >= 0.3 is 0 Å². The van der Waals surface area contributed by atoms with Crippen molar-refractivity contribution in [1.29, 1.82) is 0 Å². The van der Waals surface area contributed by atoms with E-state index in [2.05, 4.69) is 10.4 Å². The standard InChI is InChI=1S/C15H14ClF4N3O2/c1-7-3-4-9(25-2)8(5-7)21-10(24)6-23-13(15(19)20)11(16)12(22-23)14(17)18/h3-5,14-15H,6H2,1-2H3,(H,21,24). The highest BCUT2D eigenvalue weighted by molar-refractivity contribution is 6.32. The van der Waals surface area contributed by atoms with Crippen LogP contribution in [0.5, 0.6) is 5.75 Å². The van der Waals surface area contributed by atoms with E-state index in [4.69, 9.17) is 16.3 Å². The fourth-order valence-electron chi connectivity index (χ4n) is 2.19. The summed E-state index contributed by atoms with van der Waals surface area (Å²) in [6.07, 6.45) is -6.29. The van der Waals surface area contributed by atoms with Crippen molar-refractivity contribution in [3.63, 3.8) is 0 Å². The van der Waals surface area contributed by atoms with Crippen LogP contribution in [0, 0.1) is 6.92 Å². The lowest BCUT2D eigenvalue weighted by Gasteiger charge is -2.12. The number of aromatic nitrogens is 2. The van der Waals surface area contributed by atoms with E-state index in [1.54, 1.807) is 25.1 Å². The third-order valence-electron chi connectivity index (χ3n) is 3.29. The molecule has 0 aliphatic carbocycles. The van der Waals surface area contributed by atoms with E-state index >= 15 is 0 Å². The van der Waals surface area contributed by atoms with Gasteiger partial charge in [-0.3, -0.25) is 9.48 Å². The minimum absolute atomic E-state index is 0.318. The molecule has 1 heterocycles. The van der Waals surface area contributed by atoms with E-state index in [9.17, 15) is 22.4 Å². The van der Waals surface area contributed by atoms with Crippen molar-refractivity contribution in [3.8, 4) is 5.75 Å². The summed E-state index contributed by atoms with van der Waals surface area (Å²) in [6.45, 7) is 1.08. The Hall–Kier alpha value is -2.29. The van der Waals surface area contributed by atoms with Crippen molar-refractivity contribution in [2.75, 3.05) is 12.4 Å². The summed E-state index contributed by atoms with van der Waals surface area (Å²) >= 11 is 5.54. The van der Waals surface area contributed by atoms with Crippen molar-refractivity contribution >= 4 is 23.2 Å². The number of hydrogen-bond acceptors (Lipinski definition) is 3. The van der Waals surface area contributed by atoms with Gasteiger partial charge in [0.1, 0.15) is 23.7 Å². The summed E-state index contributed by atoms with van der Waals surface area (Å²) < 4.78 is 57.3. The van der Waals surface area contributed by atoms with Gasteiger partial charge < -0.3 is 10.1 Å². The molecule has 1 aromatic heterocycles. The number of rotatable bonds is 6. The van der Waals surface area contributed by atoms with Crippen molar-refractivity contribution in [2.24, 2.45) is 0 Å². The molecule has 25 heavy (non-hydrogen) atoms. The van der Waals surface area contributed by atoms with Crippen LogP contribution < -0.4 is 10.1 Å². The number of nitrogens with zero attached hydrogens (tertiary/aromatic N) is 2. The van der Waals surface area contributed by atoms with Crippen LogP contribution in [0.4, 0.5) is 23.2 Å². The van der Waals surface area contributed by atoms with E-state index in [1.807, 2.05) is 0 Å². The Labute approximate surface area is 145 Å². The SMILES string of the molecule is COc1ccc(C)cc1NC(=O)Cn1nc(C(F)F)c(Cl)c1C(F)F. The zero-order valence-electron chi connectivity index (χ0n) is 13.2. The number of anilines is 1. The summed E-state index contributed by atoms with van der Waals surface area (Å²) in [7, 11) is 1.40. The summed E-state index contributed by atoms with van der Waals surface area (Å²) in [4.78, 5) is 12.1. The van der Waals surface area contributed by atoms with Crippen LogP contribution in [0.3, 0.4) is 0 Å². The Morgan fingerprint density at radius 1 is 1.32 bits per heavy atom. The van der Waals surface area contributed by atoms with Crippen LogP contribution in [-0.2, 0) is 11.3 Å². The minimum atomic E-state index is -3.16. The number of carbonyl (C=O) groups excluding carboxylic acids is 1. The number of ether oxygens (including phenoxy) is 1. The summed E-state index contributed by atoms with van der Waals surface area (Å²) in [6, 6.07) is 4.99. The normalized spacial score (nSPS) is 11.2. The lowest BCUT2D eigenvalue weighted by molar-refractivity contribution is -0.117. The van der Waals surface area contributed by atoms with Crippen LogP contribution in [0.1, 0.15) is 29.8 Å². The molecule has 2 aromatic rings. The number of alkyl halides is 4. The van der Waals surface area contributed by atoms with Crippen LogP contribution in [-0.4, -0.2) is 22.8 Å². The molecular formula is C15H14ClF4N3O2. The third-order valence-corrected chi connectivity index (χ3v) is 3.68. The second-order valence-corrected chi connectivity index (χ2v) is 5.47. The predicted octanol–water partition coefficient (Wildman–Crippen LogP) is 4.37. The molecule has 2 rings (SSSR count). The van der Waals surface area contributed by atoms with Crippen molar-refractivity contribution in [3.05, 3.63) is 40.2 Å². The van der Waals surface area contributed by atoms with E-state index in [0.717, 1.165) is 5.56 Å². The topological polar surface area (TPSA) is 56.1 Å². The molecular weight excluding hydrogens is 366 g/mol. The number of aryl methyl sites for hydroxylation is 1. The lowest BCUT2D eigenvalue weighted by atomic mass is 10.2. The number of amides is 1. The Kier molecular flexibility index (Phi) is 5.89. The first kappa shape index (κ1) is 19.0. The van der Waals surface area contributed by atoms with Gasteiger partial charge in [-0.15, -0.1) is 0 Å². The number of halogens is 5. The molecule has 5 nitrogen and oxygen atoms in total. The highest BCUT2D eigenvalue weighted by atomic mass is 35.5. The van der Waals surface area contributed by atoms with E-state index < -0.39 is 41.7 Å². The molecule has 0 saturated carbocycles. The minimum Gasteiger partial charge on any atom is -0.495 e. The maximum Gasteiger partial charge on any atom is 0.283 e. The quantitative estimate of drug-likeness (QED) is 0.758. The van der Waals surface area contributed by atoms with Gasteiger partial charge in [0.05, 0.1) is 17.8 Å². The smallest absolute Gasteiger partial charge is 0.283 e. The molecule has 1 amide bonds. The molecule has 1 N–H and O–H groups in total. The van der Waals surface area contributed by atoms with Crippen LogP contribution in [0.2, 0.25) is 5.02 Å². The van der Waals surface area contributed by atoms with Gasteiger partial charge in [0.2, 0.25) is 5.91 Å². The summed E-state index contributed by atoms with van der Waals surface area (Å²) in [5.41, 5.74) is -0.772. The summed E-state index contributed by atoms with van der Waals surface area (Å²) in [5, 5.41) is 4.97. The van der Waals surface area contributed by atoms with E-state index in [0.29, 0.717) is 16.1 Å². The molecule has 0 fully saturated rings. The zero-order chi connectivity index (χ0) is 18.7. The van der Waals surface area contributed by atoms with Crippen LogP contribution in [0.25, 0.3) is 0 Å². The largest absolute Gasteiger partial charge is 0.495 e. The monoisotopic (exact) mass is 379 g/mol. The highest BCUT2D eigenvalue weighted by Gasteiger charge is 2.28. The Balaban J connectivity index is 2.27. The van der Waals surface area contributed by atoms with Gasteiger partial charge in [0, 0.05) is 0 Å². The van der Waals surface area contributed by atoms with E-state index in [1.165, 1.54) is 7.11 Å². The van der Waals surface area contributed by atoms with Gasteiger partial charge in [0.25, 0.3) is 12.9 Å². The predicted molar refractivity (Wildman–Crippen MR) is 83.5 cm³/mol. The van der Waals surface area contributed by atoms with Gasteiger partial charge in [-0.25, -0.2) is 17.6 Å². The average molecular weight is 380 g/mol. The molecule has 1 aromatic carbocycles. The maximum absolute atomic E-state index is 13.1. The number of carbonyl (C=O) groups is 1. The average Bonchev–Trinajstić information content (AvgIpc) is 2.84. The first-order valence-corrected chi connectivity index (χ1v) is 7.39. The highest BCUT2D eigenvalue weighted by Crippen LogP contribution is 2.34. The first-order chi connectivity index (χ1) is 11.7. The Bertz CT molecular complexity index is 780. The summed E-state index contributed by atoms with van der Waals surface area (Å²) in [5.74, 6) is -0.384. The lowest BCUT2D eigenvalue weighted by Crippen LogP contribution is -2.21. The van der Waals surface area contributed by atoms with Crippen molar-refractivity contribution in [1.82, 2.24) is 9.78 Å². The molecule has 0 aliphatic heterocycles. The molecule has 0 unspecified atom stereocenters. The van der Waals surface area contributed by atoms with E-state index in [-0.39, 0.29) is 0 Å². The number of hydrogen-bond donors (Lipinski definition) is 1.